The molecule has 1 aromatic heterocycles. The topological polar surface area (TPSA) is 85.8 Å². The fourth-order valence-corrected chi connectivity index (χ4v) is 1.07. The minimum atomic E-state index is -0.551. The van der Waals surface area contributed by atoms with Crippen molar-refractivity contribution in [2.75, 3.05) is 27.2 Å². The maximum absolute atomic E-state index is 10.5. The summed E-state index contributed by atoms with van der Waals surface area (Å²) >= 11 is 0. The normalized spacial score (nSPS) is 10.7. The lowest BCUT2D eigenvalue weighted by atomic mass is 10.5. The van der Waals surface area contributed by atoms with Crippen molar-refractivity contribution in [2.45, 2.75) is 0 Å². The molecule has 0 bridgehead atoms. The first-order valence-electron chi connectivity index (χ1n) is 4.98. The Morgan fingerprint density at radius 3 is 2.83 bits per heavy atom. The Hall–Kier alpha value is -1.67. The largest absolute Gasteiger partial charge is 0.434 e. The van der Waals surface area contributed by atoms with Crippen LogP contribution < -0.4 is 0 Å². The number of hydrogen-bond donors (Lipinski definition) is 0. The van der Waals surface area contributed by atoms with E-state index in [4.69, 9.17) is 4.84 Å². The lowest BCUT2D eigenvalue weighted by molar-refractivity contribution is -0.396. The minimum absolute atomic E-state index is 0. The van der Waals surface area contributed by atoms with E-state index in [2.05, 4.69) is 10.1 Å². The molecule has 0 radical (unpaired) electrons. The van der Waals surface area contributed by atoms with E-state index in [-0.39, 0.29) is 18.4 Å². The van der Waals surface area contributed by atoms with E-state index in [1.54, 1.807) is 7.05 Å². The van der Waals surface area contributed by atoms with Crippen LogP contribution in [-0.2, 0) is 11.9 Å². The monoisotopic (exact) mass is 277 g/mol. The summed E-state index contributed by atoms with van der Waals surface area (Å²) in [5.74, 6) is -0.222. The third-order valence-electron chi connectivity index (χ3n) is 2.05. The van der Waals surface area contributed by atoms with Crippen LogP contribution in [0.2, 0.25) is 0 Å². The van der Waals surface area contributed by atoms with Gasteiger partial charge in [-0.05, 0) is 19.0 Å². The second-order valence-corrected chi connectivity index (χ2v) is 3.67. The zero-order chi connectivity index (χ0) is 12.8. The van der Waals surface area contributed by atoms with Gasteiger partial charge < -0.3 is 19.9 Å². The summed E-state index contributed by atoms with van der Waals surface area (Å²) in [7, 11) is 5.40. The van der Waals surface area contributed by atoms with Gasteiger partial charge in [-0.15, -0.1) is 12.4 Å². The first-order valence-corrected chi connectivity index (χ1v) is 4.98. The third-order valence-corrected chi connectivity index (χ3v) is 2.05. The molecule has 102 valence electrons. The second-order valence-electron chi connectivity index (χ2n) is 3.67. The van der Waals surface area contributed by atoms with Crippen molar-refractivity contribution >= 4 is 24.6 Å². The van der Waals surface area contributed by atoms with E-state index in [1.165, 1.54) is 17.0 Å². The van der Waals surface area contributed by atoms with Gasteiger partial charge in [0.25, 0.3) is 0 Å². The molecular weight excluding hydrogens is 262 g/mol. The Bertz CT molecular complexity index is 418. The van der Waals surface area contributed by atoms with Crippen LogP contribution in [0.25, 0.3) is 0 Å². The zero-order valence-electron chi connectivity index (χ0n) is 10.4. The molecule has 0 atom stereocenters. The van der Waals surface area contributed by atoms with Crippen molar-refractivity contribution in [1.82, 2.24) is 14.5 Å². The second kappa shape index (κ2) is 7.62. The number of imidazole rings is 1. The van der Waals surface area contributed by atoms with Crippen LogP contribution in [0, 0.1) is 10.1 Å². The number of aromatic nitrogens is 2. The number of halogens is 1. The molecule has 0 aliphatic heterocycles. The molecule has 9 heteroatoms. The summed E-state index contributed by atoms with van der Waals surface area (Å²) in [4.78, 5) is 20.6. The first kappa shape index (κ1) is 16.3. The molecule has 0 fully saturated rings. The Morgan fingerprint density at radius 2 is 2.33 bits per heavy atom. The fourth-order valence-electron chi connectivity index (χ4n) is 1.07. The van der Waals surface area contributed by atoms with Crippen LogP contribution in [-0.4, -0.2) is 52.8 Å². The smallest absolute Gasteiger partial charge is 0.394 e. The summed E-state index contributed by atoms with van der Waals surface area (Å²) in [6, 6.07) is 0. The highest BCUT2D eigenvalue weighted by atomic mass is 35.5. The summed E-state index contributed by atoms with van der Waals surface area (Å²) in [6.45, 7) is 1.21. The van der Waals surface area contributed by atoms with E-state index in [0.29, 0.717) is 12.3 Å². The van der Waals surface area contributed by atoms with Crippen molar-refractivity contribution in [3.05, 3.63) is 22.0 Å². The number of nitrogens with zero attached hydrogens (tertiary/aromatic N) is 5. The number of oxime groups is 1. The number of hydrogen-bond acceptors (Lipinski definition) is 6. The van der Waals surface area contributed by atoms with Gasteiger partial charge in [-0.25, -0.2) is 4.57 Å². The van der Waals surface area contributed by atoms with Gasteiger partial charge in [-0.1, -0.05) is 10.1 Å². The van der Waals surface area contributed by atoms with Gasteiger partial charge in [0.1, 0.15) is 19.0 Å². The molecule has 1 aromatic rings. The van der Waals surface area contributed by atoms with E-state index >= 15 is 0 Å². The minimum Gasteiger partial charge on any atom is -0.394 e. The van der Waals surface area contributed by atoms with E-state index in [1.807, 2.05) is 19.0 Å². The van der Waals surface area contributed by atoms with Gasteiger partial charge >= 0.3 is 5.95 Å². The summed E-state index contributed by atoms with van der Waals surface area (Å²) in [6.07, 6.45) is 2.77. The average molecular weight is 278 g/mol. The molecule has 0 aliphatic carbocycles. The number of rotatable bonds is 6. The highest BCUT2D eigenvalue weighted by molar-refractivity contribution is 5.85. The van der Waals surface area contributed by atoms with Crippen LogP contribution in [0.3, 0.4) is 0 Å². The molecule has 0 saturated heterocycles. The van der Waals surface area contributed by atoms with Crippen LogP contribution in [0.4, 0.5) is 5.95 Å². The van der Waals surface area contributed by atoms with Crippen LogP contribution in [0.1, 0.15) is 5.69 Å². The van der Waals surface area contributed by atoms with Crippen LogP contribution in [0.5, 0.6) is 0 Å². The summed E-state index contributed by atoms with van der Waals surface area (Å²) in [5.41, 5.74) is 0.515. The zero-order valence-corrected chi connectivity index (χ0v) is 11.3. The van der Waals surface area contributed by atoms with Gasteiger partial charge in [-0.2, -0.15) is 0 Å². The lowest BCUT2D eigenvalue weighted by Crippen LogP contribution is -2.16. The number of nitro groups is 1. The highest BCUT2D eigenvalue weighted by Crippen LogP contribution is 2.08. The fraction of sp³-hybridized carbons (Fsp3) is 0.556. The average Bonchev–Trinajstić information content (AvgIpc) is 2.59. The Morgan fingerprint density at radius 1 is 1.67 bits per heavy atom. The maximum Gasteiger partial charge on any atom is 0.434 e. The van der Waals surface area contributed by atoms with Gasteiger partial charge in [-0.3, -0.25) is 0 Å². The maximum atomic E-state index is 10.5. The van der Waals surface area contributed by atoms with Gasteiger partial charge in [0.15, 0.2) is 5.69 Å². The molecule has 0 N–H and O–H groups in total. The lowest BCUT2D eigenvalue weighted by Gasteiger charge is -2.06. The highest BCUT2D eigenvalue weighted by Gasteiger charge is 2.15. The van der Waals surface area contributed by atoms with Gasteiger partial charge in [0.05, 0.1) is 7.05 Å². The van der Waals surface area contributed by atoms with Crippen LogP contribution in [0.15, 0.2) is 11.4 Å². The van der Waals surface area contributed by atoms with Crippen molar-refractivity contribution in [3.63, 3.8) is 0 Å². The van der Waals surface area contributed by atoms with E-state index in [9.17, 15) is 10.1 Å². The Kier molecular flexibility index (Phi) is 6.91. The predicted octanol–water partition coefficient (Wildman–Crippen LogP) is 0.662. The predicted molar refractivity (Wildman–Crippen MR) is 69.2 cm³/mol. The van der Waals surface area contributed by atoms with Crippen molar-refractivity contribution in [1.29, 1.82) is 0 Å². The quantitative estimate of drug-likeness (QED) is 0.330. The third kappa shape index (κ3) is 4.68. The van der Waals surface area contributed by atoms with Gasteiger partial charge in [0, 0.05) is 6.54 Å². The summed E-state index contributed by atoms with van der Waals surface area (Å²) < 4.78 is 1.33. The molecule has 0 spiro atoms. The molecule has 18 heavy (non-hydrogen) atoms. The Labute approximate surface area is 111 Å². The van der Waals surface area contributed by atoms with E-state index < -0.39 is 4.92 Å². The molecule has 1 rings (SSSR count). The first-order chi connectivity index (χ1) is 8.02. The van der Waals surface area contributed by atoms with E-state index in [0.717, 1.165) is 6.54 Å². The molecule has 0 amide bonds. The number of likely N-dealkylation sites (N-methyl/N-ethyl adjacent to an activating group) is 1. The molecule has 0 saturated carbocycles. The molecule has 0 aliphatic rings. The standard InChI is InChI=1S/C9H15N5O3.ClH/c1-12(2)4-5-17-11-7-8-6-10-9(13(8)3)14(15)16;/h6-7H,4-5H2,1-3H3;1H/b11-7+;. The molecular formula is C9H16ClN5O3. The Balaban J connectivity index is 0.00000289. The van der Waals surface area contributed by atoms with Crippen molar-refractivity contribution < 1.29 is 9.76 Å². The molecule has 0 unspecified atom stereocenters. The summed E-state index contributed by atoms with van der Waals surface area (Å²) in [5, 5.41) is 14.2. The van der Waals surface area contributed by atoms with Crippen molar-refractivity contribution in [2.24, 2.45) is 12.2 Å². The van der Waals surface area contributed by atoms with Crippen molar-refractivity contribution in [3.8, 4) is 0 Å². The van der Waals surface area contributed by atoms with Gasteiger partial charge in [0.2, 0.25) is 0 Å². The molecule has 0 aromatic carbocycles. The SMILES string of the molecule is CN(C)CCO/N=C/c1cnc([N+](=O)[O-])n1C.Cl. The van der Waals surface area contributed by atoms with Crippen LogP contribution >= 0.6 is 12.4 Å². The molecule has 8 nitrogen and oxygen atoms in total. The molecule has 1 heterocycles.